The monoisotopic (exact) mass is 285 g/mol. The summed E-state index contributed by atoms with van der Waals surface area (Å²) in [4.78, 5) is 0. The lowest BCUT2D eigenvalue weighted by molar-refractivity contribution is -0.137. The first kappa shape index (κ1) is 15.2. The van der Waals surface area contributed by atoms with Crippen LogP contribution in [0.1, 0.15) is 56.1 Å². The van der Waals surface area contributed by atoms with Gasteiger partial charge in [0.2, 0.25) is 0 Å². The van der Waals surface area contributed by atoms with Crippen LogP contribution in [0.5, 0.6) is 0 Å². The van der Waals surface area contributed by atoms with Crippen LogP contribution in [0, 0.1) is 6.92 Å². The van der Waals surface area contributed by atoms with Gasteiger partial charge in [0, 0.05) is 11.7 Å². The third kappa shape index (κ3) is 4.15. The number of anilines is 1. The average Bonchev–Trinajstić information content (AvgIpc) is 2.33. The predicted molar refractivity (Wildman–Crippen MR) is 75.9 cm³/mol. The van der Waals surface area contributed by atoms with Crippen LogP contribution in [0.15, 0.2) is 18.2 Å². The molecule has 0 unspecified atom stereocenters. The van der Waals surface area contributed by atoms with E-state index in [9.17, 15) is 13.2 Å². The highest BCUT2D eigenvalue weighted by atomic mass is 19.4. The van der Waals surface area contributed by atoms with Crippen LogP contribution in [-0.4, -0.2) is 6.04 Å². The molecule has 20 heavy (non-hydrogen) atoms. The molecule has 0 aliphatic heterocycles. The molecule has 1 fully saturated rings. The molecule has 1 saturated carbocycles. The van der Waals surface area contributed by atoms with Crippen molar-refractivity contribution in [3.63, 3.8) is 0 Å². The van der Waals surface area contributed by atoms with Crippen LogP contribution in [0.25, 0.3) is 0 Å². The normalized spacial score (nSPS) is 18.4. The van der Waals surface area contributed by atoms with Crippen molar-refractivity contribution in [1.82, 2.24) is 0 Å². The van der Waals surface area contributed by atoms with Crippen molar-refractivity contribution in [3.05, 3.63) is 29.3 Å². The second-order valence-corrected chi connectivity index (χ2v) is 5.71. The number of nitrogens with one attached hydrogen (secondary N) is 1. The number of rotatable bonds is 2. The van der Waals surface area contributed by atoms with Crippen molar-refractivity contribution < 1.29 is 13.2 Å². The van der Waals surface area contributed by atoms with E-state index in [0.29, 0.717) is 11.7 Å². The van der Waals surface area contributed by atoms with Gasteiger partial charge in [0.25, 0.3) is 0 Å². The van der Waals surface area contributed by atoms with E-state index >= 15 is 0 Å². The number of hydrogen-bond acceptors (Lipinski definition) is 1. The summed E-state index contributed by atoms with van der Waals surface area (Å²) in [7, 11) is 0. The van der Waals surface area contributed by atoms with Crippen LogP contribution in [0.2, 0.25) is 0 Å². The second kappa shape index (κ2) is 6.51. The van der Waals surface area contributed by atoms with Gasteiger partial charge >= 0.3 is 6.18 Å². The first-order valence-corrected chi connectivity index (χ1v) is 7.41. The van der Waals surface area contributed by atoms with Crippen LogP contribution >= 0.6 is 0 Å². The van der Waals surface area contributed by atoms with E-state index < -0.39 is 11.7 Å². The highest BCUT2D eigenvalue weighted by molar-refractivity contribution is 5.53. The second-order valence-electron chi connectivity index (χ2n) is 5.71. The molecule has 0 aromatic heterocycles. The third-order valence-corrected chi connectivity index (χ3v) is 4.03. The van der Waals surface area contributed by atoms with E-state index in [-0.39, 0.29) is 0 Å². The minimum absolute atomic E-state index is 0.303. The van der Waals surface area contributed by atoms with E-state index in [1.807, 2.05) is 6.92 Å². The molecule has 0 spiro atoms. The molecule has 1 aromatic rings. The Kier molecular flexibility index (Phi) is 4.95. The van der Waals surface area contributed by atoms with Crippen LogP contribution in [-0.2, 0) is 6.18 Å². The van der Waals surface area contributed by atoms with Gasteiger partial charge in [-0.1, -0.05) is 38.2 Å². The van der Waals surface area contributed by atoms with E-state index in [0.717, 1.165) is 37.3 Å². The van der Waals surface area contributed by atoms with Crippen molar-refractivity contribution in [2.75, 3.05) is 5.32 Å². The maximum atomic E-state index is 12.8. The zero-order chi connectivity index (χ0) is 14.6. The van der Waals surface area contributed by atoms with E-state index in [1.165, 1.54) is 25.3 Å². The highest BCUT2D eigenvalue weighted by Gasteiger charge is 2.30. The maximum Gasteiger partial charge on any atom is 0.416 e. The SMILES string of the molecule is Cc1ccc(C(F)(F)F)cc1NC1CCCCCCC1. The number of aryl methyl sites for hydroxylation is 1. The molecule has 0 heterocycles. The quantitative estimate of drug-likeness (QED) is 0.752. The molecule has 112 valence electrons. The van der Waals surface area contributed by atoms with Crippen LogP contribution in [0.3, 0.4) is 0 Å². The molecule has 1 aliphatic rings. The molecular weight excluding hydrogens is 263 g/mol. The smallest absolute Gasteiger partial charge is 0.382 e. The molecule has 4 heteroatoms. The summed E-state index contributed by atoms with van der Waals surface area (Å²) in [6.45, 7) is 1.85. The van der Waals surface area contributed by atoms with Crippen LogP contribution < -0.4 is 5.32 Å². The van der Waals surface area contributed by atoms with Crippen molar-refractivity contribution >= 4 is 5.69 Å². The van der Waals surface area contributed by atoms with Gasteiger partial charge in [0.05, 0.1) is 5.56 Å². The molecule has 2 rings (SSSR count). The number of halogens is 3. The topological polar surface area (TPSA) is 12.0 Å². The molecule has 0 saturated heterocycles. The first-order valence-electron chi connectivity index (χ1n) is 7.41. The van der Waals surface area contributed by atoms with Gasteiger partial charge in [-0.3, -0.25) is 0 Å². The first-order chi connectivity index (χ1) is 9.47. The van der Waals surface area contributed by atoms with E-state index in [1.54, 1.807) is 6.07 Å². The van der Waals surface area contributed by atoms with Gasteiger partial charge in [0.1, 0.15) is 0 Å². The van der Waals surface area contributed by atoms with Gasteiger partial charge in [-0.05, 0) is 37.5 Å². The van der Waals surface area contributed by atoms with E-state index in [4.69, 9.17) is 0 Å². The van der Waals surface area contributed by atoms with E-state index in [2.05, 4.69) is 5.32 Å². The molecule has 0 bridgehead atoms. The minimum atomic E-state index is -4.27. The Morgan fingerprint density at radius 3 is 2.20 bits per heavy atom. The molecular formula is C16H22F3N. The summed E-state index contributed by atoms with van der Waals surface area (Å²) in [5.41, 5.74) is 0.932. The summed E-state index contributed by atoms with van der Waals surface area (Å²) in [6.07, 6.45) is 3.91. The van der Waals surface area contributed by atoms with Gasteiger partial charge in [-0.25, -0.2) is 0 Å². The minimum Gasteiger partial charge on any atom is -0.382 e. The Morgan fingerprint density at radius 1 is 1.00 bits per heavy atom. The van der Waals surface area contributed by atoms with Gasteiger partial charge in [-0.15, -0.1) is 0 Å². The molecule has 0 atom stereocenters. The molecule has 1 aliphatic carbocycles. The fourth-order valence-corrected chi connectivity index (χ4v) is 2.77. The summed E-state index contributed by atoms with van der Waals surface area (Å²) in [6, 6.07) is 4.25. The average molecular weight is 285 g/mol. The lowest BCUT2D eigenvalue weighted by Gasteiger charge is -2.23. The predicted octanol–water partition coefficient (Wildman–Crippen LogP) is 5.54. The zero-order valence-electron chi connectivity index (χ0n) is 11.9. The largest absolute Gasteiger partial charge is 0.416 e. The zero-order valence-corrected chi connectivity index (χ0v) is 11.9. The Hall–Kier alpha value is -1.19. The van der Waals surface area contributed by atoms with Crippen LogP contribution in [0.4, 0.5) is 18.9 Å². The summed E-state index contributed by atoms with van der Waals surface area (Å²) < 4.78 is 38.3. The Bertz CT molecular complexity index is 432. The number of alkyl halides is 3. The number of hydrogen-bond donors (Lipinski definition) is 1. The molecule has 1 nitrogen and oxygen atoms in total. The van der Waals surface area contributed by atoms with Crippen molar-refractivity contribution in [2.24, 2.45) is 0 Å². The molecule has 1 aromatic carbocycles. The third-order valence-electron chi connectivity index (χ3n) is 4.03. The van der Waals surface area contributed by atoms with Crippen molar-refractivity contribution in [1.29, 1.82) is 0 Å². The summed E-state index contributed by atoms with van der Waals surface area (Å²) >= 11 is 0. The lowest BCUT2D eigenvalue weighted by atomic mass is 9.96. The highest BCUT2D eigenvalue weighted by Crippen LogP contribution is 2.32. The Labute approximate surface area is 118 Å². The Morgan fingerprint density at radius 2 is 1.60 bits per heavy atom. The molecule has 0 radical (unpaired) electrons. The van der Waals surface area contributed by atoms with Gasteiger partial charge in [-0.2, -0.15) is 13.2 Å². The summed E-state index contributed by atoms with van der Waals surface area (Å²) in [5, 5.41) is 3.33. The lowest BCUT2D eigenvalue weighted by Crippen LogP contribution is -2.21. The summed E-state index contributed by atoms with van der Waals surface area (Å²) in [5.74, 6) is 0. The molecule has 1 N–H and O–H groups in total. The van der Waals surface area contributed by atoms with Crippen molar-refractivity contribution in [3.8, 4) is 0 Å². The fraction of sp³-hybridized carbons (Fsp3) is 0.625. The Balaban J connectivity index is 2.10. The molecule has 0 amide bonds. The van der Waals surface area contributed by atoms with Crippen molar-refractivity contribution in [2.45, 2.75) is 64.1 Å². The maximum absolute atomic E-state index is 12.8. The number of benzene rings is 1. The standard InChI is InChI=1S/C16H22F3N/c1-12-9-10-13(16(17,18)19)11-15(12)20-14-7-5-3-2-4-6-8-14/h9-11,14,20H,2-8H2,1H3. The van der Waals surface area contributed by atoms with Gasteiger partial charge < -0.3 is 5.32 Å². The van der Waals surface area contributed by atoms with Gasteiger partial charge in [0.15, 0.2) is 0 Å². The fourth-order valence-electron chi connectivity index (χ4n) is 2.77.